The minimum absolute atomic E-state index is 0. The first-order valence-corrected chi connectivity index (χ1v) is 1.60. The van der Waals surface area contributed by atoms with Gasteiger partial charge in [0.25, 0.3) is 11.4 Å². The van der Waals surface area contributed by atoms with Crippen LogP contribution in [0.5, 0.6) is 0 Å². The van der Waals surface area contributed by atoms with Crippen LogP contribution in [0.1, 0.15) is 0 Å². The molecule has 0 amide bonds. The molecule has 0 heterocycles. The molecule has 0 aliphatic carbocycles. The van der Waals surface area contributed by atoms with Crippen LogP contribution in [0.25, 0.3) is 0 Å². The predicted octanol–water partition coefficient (Wildman–Crippen LogP) is -0.319. The third-order valence-electron chi connectivity index (χ3n) is 0. The van der Waals surface area contributed by atoms with Gasteiger partial charge < -0.3 is 0 Å². The summed E-state index contributed by atoms with van der Waals surface area (Å²) in [6.07, 6.45) is 0. The van der Waals surface area contributed by atoms with Gasteiger partial charge in [0, 0.05) is 80.8 Å². The quantitative estimate of drug-likeness (QED) is 0.574. The molecule has 3 nitrogen and oxygen atoms in total. The van der Waals surface area contributed by atoms with Crippen molar-refractivity contribution in [1.82, 2.24) is 0 Å². The summed E-state index contributed by atoms with van der Waals surface area (Å²) in [7, 11) is 0. The van der Waals surface area contributed by atoms with Crippen molar-refractivity contribution in [2.24, 2.45) is 0 Å². The van der Waals surface area contributed by atoms with E-state index < -0.39 is 11.4 Å². The van der Waals surface area contributed by atoms with Crippen LogP contribution in [-0.4, -0.2) is 13.3 Å². The van der Waals surface area contributed by atoms with Gasteiger partial charge in [-0.25, -0.2) is 0 Å². The molecule has 0 aromatic rings. The van der Waals surface area contributed by atoms with E-state index >= 15 is 0 Å². The fraction of sp³-hybridized carbons (Fsp3) is 0. The van der Waals surface area contributed by atoms with Crippen LogP contribution in [0.15, 0.2) is 0 Å². The topological polar surface area (TPSA) is 57.5 Å². The van der Waals surface area contributed by atoms with Crippen molar-refractivity contribution in [1.29, 1.82) is 0 Å². The second-order valence-corrected chi connectivity index (χ2v) is 0.692. The fourth-order valence-electron chi connectivity index (χ4n) is 0. The molecule has 0 saturated carbocycles. The molecule has 0 atom stereocenters. The Morgan fingerprint density at radius 3 is 1.17 bits per heavy atom. The van der Waals surface area contributed by atoms with E-state index in [0.717, 1.165) is 0 Å². The first-order valence-electron chi connectivity index (χ1n) is 0.532. The molecule has 6 heavy (non-hydrogen) atoms. The Bertz CT molecular complexity index is 31.8. The third-order valence-corrected chi connectivity index (χ3v) is 0. The molecule has 0 rings (SSSR count). The summed E-state index contributed by atoms with van der Waals surface area (Å²) in [5.41, 5.74) is 0. The van der Waals surface area contributed by atoms with Gasteiger partial charge in [-0.3, -0.25) is 9.11 Å². The van der Waals surface area contributed by atoms with E-state index in [1.165, 1.54) is 0 Å². The summed E-state index contributed by atoms with van der Waals surface area (Å²) < 4.78 is 22.8. The molecule has 36 valence electrons. The molecule has 0 aromatic carbocycles. The standard InChI is InChI=1S/H2O3S.2Pm/c1-4(2)3;;/h(H2,1,2,3);;. The Labute approximate surface area is 103 Å². The molecular weight excluding hydrogens is 370 g/mol. The van der Waals surface area contributed by atoms with Gasteiger partial charge in [-0.1, -0.05) is 0 Å². The number of hydrogen-bond donors (Lipinski definition) is 2. The Balaban J connectivity index is -0.0000000450. The van der Waals surface area contributed by atoms with Crippen molar-refractivity contribution < 1.29 is 94.1 Å². The zero-order valence-corrected chi connectivity index (χ0v) is 9.16. The van der Waals surface area contributed by atoms with Gasteiger partial charge in [0.05, 0.1) is 0 Å². The first kappa shape index (κ1) is 15.9. The summed E-state index contributed by atoms with van der Waals surface area (Å²) in [5.74, 6) is 0. The van der Waals surface area contributed by atoms with E-state index in [2.05, 4.69) is 0 Å². The first-order chi connectivity index (χ1) is 1.73. The largest absolute Gasteiger partial charge is 0.299 e. The molecule has 6 heteroatoms. The normalized spacial score (nSPS) is 5.83. The molecule has 0 bridgehead atoms. The number of rotatable bonds is 0. The molecule has 0 aromatic heterocycles. The molecule has 0 aliphatic rings. The summed E-state index contributed by atoms with van der Waals surface area (Å²) >= 11 is -2.61. The maximum absolute atomic E-state index is 8.67. The second-order valence-electron chi connectivity index (χ2n) is 0.231. The van der Waals surface area contributed by atoms with Crippen molar-refractivity contribution in [3.05, 3.63) is 0 Å². The van der Waals surface area contributed by atoms with E-state index in [0.29, 0.717) is 0 Å². The monoisotopic (exact) mass is 372 g/mol. The van der Waals surface area contributed by atoms with E-state index in [1.54, 1.807) is 0 Å². The van der Waals surface area contributed by atoms with E-state index in [4.69, 9.17) is 13.3 Å². The van der Waals surface area contributed by atoms with Crippen LogP contribution in [0, 0.1) is 80.8 Å². The van der Waals surface area contributed by atoms with Gasteiger partial charge in [-0.15, -0.1) is 0 Å². The molecule has 0 aliphatic heterocycles. The molecule has 0 fully saturated rings. The Morgan fingerprint density at radius 2 is 1.17 bits per heavy atom. The Kier molecular flexibility index (Phi) is 28.3. The van der Waals surface area contributed by atoms with Gasteiger partial charge in [0.2, 0.25) is 0 Å². The minimum atomic E-state index is -2.61. The van der Waals surface area contributed by atoms with Gasteiger partial charge >= 0.3 is 0 Å². The summed E-state index contributed by atoms with van der Waals surface area (Å²) in [6.45, 7) is 0. The van der Waals surface area contributed by atoms with Crippen LogP contribution >= 0.6 is 0 Å². The van der Waals surface area contributed by atoms with Crippen molar-refractivity contribution in [3.63, 3.8) is 0 Å². The maximum Gasteiger partial charge on any atom is 0.299 e. The zero-order chi connectivity index (χ0) is 3.58. The third kappa shape index (κ3) is 29.5. The van der Waals surface area contributed by atoms with Crippen molar-refractivity contribution in [2.75, 3.05) is 0 Å². The van der Waals surface area contributed by atoms with Crippen molar-refractivity contribution in [2.45, 2.75) is 0 Å². The van der Waals surface area contributed by atoms with Crippen LogP contribution in [0.3, 0.4) is 0 Å². The molecule has 0 spiro atoms. The maximum atomic E-state index is 8.67. The van der Waals surface area contributed by atoms with E-state index in [1.807, 2.05) is 0 Å². The Hall–Kier alpha value is 2.75. The van der Waals surface area contributed by atoms with Crippen molar-refractivity contribution >= 4 is 11.4 Å². The summed E-state index contributed by atoms with van der Waals surface area (Å²) in [6, 6.07) is 0. The van der Waals surface area contributed by atoms with Crippen LogP contribution < -0.4 is 0 Å². The molecule has 0 saturated heterocycles. The molecular formula is H2O3Pm2S. The van der Waals surface area contributed by atoms with Crippen LogP contribution in [0.2, 0.25) is 0 Å². The summed E-state index contributed by atoms with van der Waals surface area (Å²) in [5, 5.41) is 0. The van der Waals surface area contributed by atoms with Gasteiger partial charge in [0.15, 0.2) is 0 Å². The van der Waals surface area contributed by atoms with Gasteiger partial charge in [-0.05, 0) is 0 Å². The average molecular weight is 372 g/mol. The molecule has 0 unspecified atom stereocenters. The summed E-state index contributed by atoms with van der Waals surface area (Å²) in [4.78, 5) is 0. The van der Waals surface area contributed by atoms with E-state index in [-0.39, 0.29) is 80.8 Å². The SMILES string of the molecule is O=S(O)O.[Pm].[Pm]. The predicted molar refractivity (Wildman–Crippen MR) is 13.4 cm³/mol. The molecule has 2 radical (unpaired) electrons. The average Bonchev–Trinajstić information content (AvgIpc) is 0.811. The zero-order valence-electron chi connectivity index (χ0n) is 2.61. The van der Waals surface area contributed by atoms with Crippen LogP contribution in [-0.2, 0) is 11.4 Å². The van der Waals surface area contributed by atoms with Crippen LogP contribution in [0.4, 0.5) is 0 Å². The minimum Gasteiger partial charge on any atom is -0.284 e. The smallest absolute Gasteiger partial charge is 0.284 e. The fourth-order valence-corrected chi connectivity index (χ4v) is 0. The Morgan fingerprint density at radius 1 is 1.17 bits per heavy atom. The van der Waals surface area contributed by atoms with Gasteiger partial charge in [0.1, 0.15) is 0 Å². The molecule has 2 N–H and O–H groups in total. The van der Waals surface area contributed by atoms with E-state index in [9.17, 15) is 0 Å². The van der Waals surface area contributed by atoms with Gasteiger partial charge in [-0.2, -0.15) is 4.21 Å². The number of hydrogen-bond acceptors (Lipinski definition) is 1. The van der Waals surface area contributed by atoms with Crippen molar-refractivity contribution in [3.8, 4) is 0 Å². The second kappa shape index (κ2) is 10.7.